The van der Waals surface area contributed by atoms with Gasteiger partial charge in [0.2, 0.25) is 0 Å². The Morgan fingerprint density at radius 3 is 2.71 bits per heavy atom. The fourth-order valence-electron chi connectivity index (χ4n) is 2.10. The number of hydrogen-bond acceptors (Lipinski definition) is 4. The minimum Gasteiger partial charge on any atom is -0.489 e. The number of rotatable bonds is 7. The van der Waals surface area contributed by atoms with Gasteiger partial charge in [0.05, 0.1) is 12.1 Å². The summed E-state index contributed by atoms with van der Waals surface area (Å²) in [7, 11) is 3.40. The molecule has 2 rings (SSSR count). The van der Waals surface area contributed by atoms with Crippen LogP contribution in [0.2, 0.25) is 0 Å². The molecule has 1 N–H and O–H groups in total. The number of nitrogens with one attached hydrogen (secondary N) is 1. The summed E-state index contributed by atoms with van der Waals surface area (Å²) in [5.41, 5.74) is 0.536. The Hall–Kier alpha value is -2.63. The summed E-state index contributed by atoms with van der Waals surface area (Å²) in [4.78, 5) is 17.6. The molecule has 24 heavy (non-hydrogen) atoms. The highest BCUT2D eigenvalue weighted by Crippen LogP contribution is 2.15. The quantitative estimate of drug-likeness (QED) is 0.846. The second-order valence-corrected chi connectivity index (χ2v) is 5.62. The highest BCUT2D eigenvalue weighted by atomic mass is 19.1. The van der Waals surface area contributed by atoms with Crippen LogP contribution in [0.1, 0.15) is 23.7 Å². The molecule has 1 aromatic carbocycles. The average Bonchev–Trinajstić information content (AvgIpc) is 2.58. The zero-order valence-corrected chi connectivity index (χ0v) is 14.1. The van der Waals surface area contributed by atoms with E-state index < -0.39 is 0 Å². The molecule has 1 atom stereocenters. The first kappa shape index (κ1) is 17.7. The van der Waals surface area contributed by atoms with Crippen LogP contribution >= 0.6 is 0 Å². The largest absolute Gasteiger partial charge is 0.489 e. The Kier molecular flexibility index (Phi) is 6.12. The van der Waals surface area contributed by atoms with Crippen LogP contribution in [0.25, 0.3) is 0 Å². The number of carbonyl (C=O) groups excluding carboxylic acids is 1. The molecule has 0 fully saturated rings. The maximum atomic E-state index is 13.2. The number of hydrogen-bond donors (Lipinski definition) is 1. The molecule has 0 radical (unpaired) electrons. The molecule has 2 aromatic rings. The first-order chi connectivity index (χ1) is 11.5. The van der Waals surface area contributed by atoms with E-state index in [1.165, 1.54) is 17.0 Å². The predicted molar refractivity (Wildman–Crippen MR) is 91.9 cm³/mol. The summed E-state index contributed by atoms with van der Waals surface area (Å²) in [5, 5.41) is 3.17. The average molecular weight is 331 g/mol. The van der Waals surface area contributed by atoms with E-state index >= 15 is 0 Å². The van der Waals surface area contributed by atoms with Gasteiger partial charge >= 0.3 is 0 Å². The van der Waals surface area contributed by atoms with Crippen molar-refractivity contribution in [1.82, 2.24) is 9.88 Å². The van der Waals surface area contributed by atoms with Crippen molar-refractivity contribution in [2.75, 3.05) is 26.0 Å². The van der Waals surface area contributed by atoms with Crippen LogP contribution in [0.4, 0.5) is 10.2 Å². The molecule has 0 saturated carbocycles. The maximum Gasteiger partial charge on any atom is 0.254 e. The molecule has 128 valence electrons. The highest BCUT2D eigenvalue weighted by Gasteiger charge is 2.11. The first-order valence-electron chi connectivity index (χ1n) is 7.83. The fourth-order valence-corrected chi connectivity index (χ4v) is 2.10. The number of halogens is 1. The SMILES string of the molecule is CC[C@@H](CNc1ccc(C(=O)N(C)C)cn1)Oc1cccc(F)c1. The van der Waals surface area contributed by atoms with E-state index in [9.17, 15) is 9.18 Å². The van der Waals surface area contributed by atoms with Gasteiger partial charge < -0.3 is 15.0 Å². The van der Waals surface area contributed by atoms with E-state index in [4.69, 9.17) is 4.74 Å². The number of anilines is 1. The van der Waals surface area contributed by atoms with Crippen LogP contribution in [-0.2, 0) is 0 Å². The van der Waals surface area contributed by atoms with Gasteiger partial charge in [0, 0.05) is 26.4 Å². The summed E-state index contributed by atoms with van der Waals surface area (Å²) >= 11 is 0. The van der Waals surface area contributed by atoms with Crippen molar-refractivity contribution >= 4 is 11.7 Å². The molecule has 0 aliphatic rings. The minimum atomic E-state index is -0.321. The van der Waals surface area contributed by atoms with E-state index in [0.29, 0.717) is 23.7 Å². The lowest BCUT2D eigenvalue weighted by atomic mass is 10.2. The molecule has 0 bridgehead atoms. The van der Waals surface area contributed by atoms with Gasteiger partial charge in [-0.1, -0.05) is 13.0 Å². The number of amides is 1. The Balaban J connectivity index is 1.92. The molecular formula is C18H22FN3O2. The van der Waals surface area contributed by atoms with E-state index in [0.717, 1.165) is 6.42 Å². The Morgan fingerprint density at radius 2 is 2.12 bits per heavy atom. The number of benzene rings is 1. The van der Waals surface area contributed by atoms with Gasteiger partial charge in [-0.2, -0.15) is 0 Å². The fraction of sp³-hybridized carbons (Fsp3) is 0.333. The lowest BCUT2D eigenvalue weighted by Crippen LogP contribution is -2.26. The standard InChI is InChI=1S/C18H22FN3O2/c1-4-15(24-16-7-5-6-14(19)10-16)12-21-17-9-8-13(11-20-17)18(23)22(2)3/h5-11,15H,4,12H2,1-3H3,(H,20,21)/t15-/m0/s1. The predicted octanol–water partition coefficient (Wildman–Crippen LogP) is 3.19. The number of ether oxygens (including phenoxy) is 1. The summed E-state index contributed by atoms with van der Waals surface area (Å²) in [6.45, 7) is 2.53. The lowest BCUT2D eigenvalue weighted by Gasteiger charge is -2.18. The monoisotopic (exact) mass is 331 g/mol. The molecule has 5 nitrogen and oxygen atoms in total. The summed E-state index contributed by atoms with van der Waals surface area (Å²) in [5.74, 6) is 0.753. The van der Waals surface area contributed by atoms with Crippen molar-refractivity contribution in [3.63, 3.8) is 0 Å². The van der Waals surface area contributed by atoms with Gasteiger partial charge in [0.15, 0.2) is 0 Å². The van der Waals surface area contributed by atoms with E-state index in [1.807, 2.05) is 6.92 Å². The van der Waals surface area contributed by atoms with Gasteiger partial charge in [-0.25, -0.2) is 9.37 Å². The Morgan fingerprint density at radius 1 is 1.33 bits per heavy atom. The molecular weight excluding hydrogens is 309 g/mol. The number of aromatic nitrogens is 1. The zero-order valence-electron chi connectivity index (χ0n) is 14.1. The third-order valence-electron chi connectivity index (χ3n) is 3.48. The third kappa shape index (κ3) is 4.94. The van der Waals surface area contributed by atoms with Crippen LogP contribution in [0, 0.1) is 5.82 Å². The van der Waals surface area contributed by atoms with Gasteiger partial charge in [0.25, 0.3) is 5.91 Å². The van der Waals surface area contributed by atoms with E-state index in [1.54, 1.807) is 44.6 Å². The second kappa shape index (κ2) is 8.29. The van der Waals surface area contributed by atoms with Gasteiger partial charge in [-0.05, 0) is 30.7 Å². The molecule has 1 aromatic heterocycles. The molecule has 0 spiro atoms. The first-order valence-corrected chi connectivity index (χ1v) is 7.83. The highest BCUT2D eigenvalue weighted by molar-refractivity contribution is 5.93. The molecule has 6 heteroatoms. The number of pyridine rings is 1. The van der Waals surface area contributed by atoms with Crippen LogP contribution < -0.4 is 10.1 Å². The van der Waals surface area contributed by atoms with Gasteiger partial charge in [-0.15, -0.1) is 0 Å². The lowest BCUT2D eigenvalue weighted by molar-refractivity contribution is 0.0827. The summed E-state index contributed by atoms with van der Waals surface area (Å²) in [6.07, 6.45) is 2.19. The van der Waals surface area contributed by atoms with Crippen molar-refractivity contribution in [3.8, 4) is 5.75 Å². The van der Waals surface area contributed by atoms with Crippen LogP contribution in [0.5, 0.6) is 5.75 Å². The van der Waals surface area contributed by atoms with Crippen molar-refractivity contribution in [2.45, 2.75) is 19.4 Å². The third-order valence-corrected chi connectivity index (χ3v) is 3.48. The van der Waals surface area contributed by atoms with Gasteiger partial charge in [0.1, 0.15) is 23.5 Å². The Bertz CT molecular complexity index is 674. The second-order valence-electron chi connectivity index (χ2n) is 5.62. The normalized spacial score (nSPS) is 11.7. The number of nitrogens with zero attached hydrogens (tertiary/aromatic N) is 2. The van der Waals surface area contributed by atoms with E-state index in [-0.39, 0.29) is 17.8 Å². The van der Waals surface area contributed by atoms with E-state index in [2.05, 4.69) is 10.3 Å². The minimum absolute atomic E-state index is 0.0880. The molecule has 1 amide bonds. The summed E-state index contributed by atoms with van der Waals surface area (Å²) < 4.78 is 19.0. The smallest absolute Gasteiger partial charge is 0.254 e. The topological polar surface area (TPSA) is 54.5 Å². The van der Waals surface area contributed by atoms with Crippen molar-refractivity contribution < 1.29 is 13.9 Å². The molecule has 0 aliphatic heterocycles. The van der Waals surface area contributed by atoms with Crippen LogP contribution in [-0.4, -0.2) is 42.5 Å². The molecule has 0 aliphatic carbocycles. The van der Waals surface area contributed by atoms with Crippen LogP contribution in [0.15, 0.2) is 42.6 Å². The maximum absolute atomic E-state index is 13.2. The zero-order chi connectivity index (χ0) is 17.5. The summed E-state index contributed by atoms with van der Waals surface area (Å²) in [6, 6.07) is 9.57. The number of carbonyl (C=O) groups is 1. The van der Waals surface area contributed by atoms with Crippen LogP contribution in [0.3, 0.4) is 0 Å². The molecule has 0 unspecified atom stereocenters. The van der Waals surface area contributed by atoms with Gasteiger partial charge in [-0.3, -0.25) is 4.79 Å². The molecule has 1 heterocycles. The van der Waals surface area contributed by atoms with Crippen molar-refractivity contribution in [1.29, 1.82) is 0 Å². The Labute approximate surface area is 141 Å². The molecule has 0 saturated heterocycles. The van der Waals surface area contributed by atoms with Crippen molar-refractivity contribution in [3.05, 3.63) is 54.0 Å². The van der Waals surface area contributed by atoms with Crippen molar-refractivity contribution in [2.24, 2.45) is 0 Å².